The molecular weight excluding hydrogens is 303 g/mol. The first-order valence-corrected chi connectivity index (χ1v) is 7.60. The van der Waals surface area contributed by atoms with E-state index in [1.807, 2.05) is 55.1 Å². The summed E-state index contributed by atoms with van der Waals surface area (Å²) in [5.74, 6) is -0.471. The first-order chi connectivity index (χ1) is 11.6. The summed E-state index contributed by atoms with van der Waals surface area (Å²) in [4.78, 5) is 0. The maximum Gasteiger partial charge on any atom is 0.213 e. The van der Waals surface area contributed by atoms with Gasteiger partial charge >= 0.3 is 0 Å². The standard InChI is InChI=1S/C20H14FN2O/c1-12-6-7-16-20(18(12)15-5-3-4-8-23(15)2)19-13(11-22)9-14(21)10-17(19)24-16/h3-10H,1-2H3/q+1. The fourth-order valence-electron chi connectivity index (χ4n) is 3.26. The highest BCUT2D eigenvalue weighted by molar-refractivity contribution is 6.14. The molecule has 0 radical (unpaired) electrons. The Bertz CT molecular complexity index is 1150. The number of halogens is 1. The lowest BCUT2D eigenvalue weighted by molar-refractivity contribution is -0.660. The fourth-order valence-corrected chi connectivity index (χ4v) is 3.26. The Kier molecular flexibility index (Phi) is 3.10. The Morgan fingerprint density at radius 2 is 1.92 bits per heavy atom. The molecule has 2 heterocycles. The van der Waals surface area contributed by atoms with Crippen molar-refractivity contribution in [3.63, 3.8) is 0 Å². The van der Waals surface area contributed by atoms with Crippen molar-refractivity contribution in [1.82, 2.24) is 0 Å². The maximum absolute atomic E-state index is 13.8. The molecule has 0 bridgehead atoms. The molecule has 4 aromatic rings. The second-order valence-electron chi connectivity index (χ2n) is 5.87. The first-order valence-electron chi connectivity index (χ1n) is 7.60. The lowest BCUT2D eigenvalue weighted by Crippen LogP contribution is -2.30. The summed E-state index contributed by atoms with van der Waals surface area (Å²) in [7, 11) is 1.97. The minimum atomic E-state index is -0.471. The van der Waals surface area contributed by atoms with Gasteiger partial charge in [-0.25, -0.2) is 8.96 Å². The second kappa shape index (κ2) is 5.17. The molecule has 2 aromatic carbocycles. The third-order valence-corrected chi connectivity index (χ3v) is 4.34. The molecule has 24 heavy (non-hydrogen) atoms. The predicted molar refractivity (Wildman–Crippen MR) is 89.7 cm³/mol. The van der Waals surface area contributed by atoms with Crippen molar-refractivity contribution >= 4 is 21.9 Å². The van der Waals surface area contributed by atoms with Gasteiger partial charge in [0, 0.05) is 29.0 Å². The van der Waals surface area contributed by atoms with Crippen LogP contribution in [0.25, 0.3) is 33.2 Å². The number of furan rings is 1. The number of pyridine rings is 1. The number of nitriles is 1. The maximum atomic E-state index is 13.8. The fraction of sp³-hybridized carbons (Fsp3) is 0.100. The van der Waals surface area contributed by atoms with Crippen molar-refractivity contribution in [2.75, 3.05) is 0 Å². The molecule has 0 amide bonds. The van der Waals surface area contributed by atoms with Gasteiger partial charge in [-0.15, -0.1) is 0 Å². The third-order valence-electron chi connectivity index (χ3n) is 4.34. The van der Waals surface area contributed by atoms with Crippen LogP contribution in [0.2, 0.25) is 0 Å². The number of nitrogens with zero attached hydrogens (tertiary/aromatic N) is 2. The molecule has 0 aliphatic heterocycles. The van der Waals surface area contributed by atoms with E-state index in [-0.39, 0.29) is 5.56 Å². The van der Waals surface area contributed by atoms with Gasteiger partial charge in [0.2, 0.25) is 5.69 Å². The van der Waals surface area contributed by atoms with Crippen molar-refractivity contribution in [2.24, 2.45) is 7.05 Å². The molecule has 0 fully saturated rings. The van der Waals surface area contributed by atoms with Gasteiger partial charge in [0.25, 0.3) is 0 Å². The van der Waals surface area contributed by atoms with Gasteiger partial charge in [0.1, 0.15) is 30.1 Å². The molecule has 0 saturated heterocycles. The summed E-state index contributed by atoms with van der Waals surface area (Å²) < 4.78 is 21.6. The molecule has 0 saturated carbocycles. The number of aryl methyl sites for hydroxylation is 2. The summed E-state index contributed by atoms with van der Waals surface area (Å²) >= 11 is 0. The van der Waals surface area contributed by atoms with Gasteiger partial charge < -0.3 is 4.42 Å². The number of aromatic nitrogens is 1. The molecule has 3 nitrogen and oxygen atoms in total. The van der Waals surface area contributed by atoms with Crippen LogP contribution in [-0.4, -0.2) is 0 Å². The van der Waals surface area contributed by atoms with Gasteiger partial charge in [-0.1, -0.05) is 6.07 Å². The summed E-state index contributed by atoms with van der Waals surface area (Å²) in [6.07, 6.45) is 1.97. The van der Waals surface area contributed by atoms with Gasteiger partial charge in [-0.3, -0.25) is 0 Å². The molecule has 0 atom stereocenters. The van der Waals surface area contributed by atoms with E-state index < -0.39 is 5.82 Å². The Morgan fingerprint density at radius 1 is 1.08 bits per heavy atom. The lowest BCUT2D eigenvalue weighted by atomic mass is 9.96. The van der Waals surface area contributed by atoms with Gasteiger partial charge in [-0.2, -0.15) is 5.26 Å². The predicted octanol–water partition coefficient (Wildman–Crippen LogP) is 4.40. The van der Waals surface area contributed by atoms with Crippen LogP contribution >= 0.6 is 0 Å². The van der Waals surface area contributed by atoms with E-state index >= 15 is 0 Å². The van der Waals surface area contributed by atoms with Crippen molar-refractivity contribution in [3.05, 3.63) is 65.6 Å². The van der Waals surface area contributed by atoms with E-state index in [0.717, 1.165) is 22.2 Å². The highest BCUT2D eigenvalue weighted by atomic mass is 19.1. The highest BCUT2D eigenvalue weighted by Crippen LogP contribution is 2.39. The van der Waals surface area contributed by atoms with E-state index in [1.165, 1.54) is 12.1 Å². The van der Waals surface area contributed by atoms with Crippen LogP contribution in [0.1, 0.15) is 11.1 Å². The normalized spacial score (nSPS) is 11.1. The molecular formula is C20H14FN2O+. The molecule has 4 rings (SSSR count). The highest BCUT2D eigenvalue weighted by Gasteiger charge is 2.22. The monoisotopic (exact) mass is 317 g/mol. The van der Waals surface area contributed by atoms with Crippen molar-refractivity contribution in [3.8, 4) is 17.3 Å². The minimum Gasteiger partial charge on any atom is -0.456 e. The van der Waals surface area contributed by atoms with Gasteiger partial charge in [0.15, 0.2) is 6.20 Å². The van der Waals surface area contributed by atoms with Crippen molar-refractivity contribution in [1.29, 1.82) is 5.26 Å². The van der Waals surface area contributed by atoms with E-state index in [0.29, 0.717) is 16.6 Å². The zero-order valence-corrected chi connectivity index (χ0v) is 13.3. The van der Waals surface area contributed by atoms with Crippen LogP contribution in [0, 0.1) is 24.1 Å². The van der Waals surface area contributed by atoms with Crippen LogP contribution in [0.15, 0.2) is 53.1 Å². The van der Waals surface area contributed by atoms with E-state index in [2.05, 4.69) is 6.07 Å². The SMILES string of the molecule is Cc1ccc2oc3cc(F)cc(C#N)c3c2c1-c1cccc[n+]1C. The Morgan fingerprint density at radius 3 is 2.67 bits per heavy atom. The molecule has 2 aromatic heterocycles. The molecule has 0 aliphatic carbocycles. The zero-order chi connectivity index (χ0) is 16.8. The molecule has 4 heteroatoms. The largest absolute Gasteiger partial charge is 0.456 e. The zero-order valence-electron chi connectivity index (χ0n) is 13.3. The molecule has 116 valence electrons. The summed E-state index contributed by atoms with van der Waals surface area (Å²) in [5, 5.41) is 11.0. The van der Waals surface area contributed by atoms with Gasteiger partial charge in [-0.05, 0) is 30.7 Å². The number of benzene rings is 2. The Hall–Kier alpha value is -3.19. The Labute approximate surface area is 138 Å². The first kappa shape index (κ1) is 14.4. The average Bonchev–Trinajstić information content (AvgIpc) is 2.93. The summed E-state index contributed by atoms with van der Waals surface area (Å²) in [6.45, 7) is 2.02. The molecule has 0 unspecified atom stereocenters. The number of hydrogen-bond acceptors (Lipinski definition) is 2. The van der Waals surface area contributed by atoms with Crippen LogP contribution < -0.4 is 4.57 Å². The quantitative estimate of drug-likeness (QED) is 0.488. The van der Waals surface area contributed by atoms with Crippen LogP contribution in [0.5, 0.6) is 0 Å². The van der Waals surface area contributed by atoms with E-state index in [4.69, 9.17) is 4.42 Å². The van der Waals surface area contributed by atoms with E-state index in [9.17, 15) is 9.65 Å². The number of fused-ring (bicyclic) bond motifs is 3. The minimum absolute atomic E-state index is 0.286. The second-order valence-corrected chi connectivity index (χ2v) is 5.87. The number of rotatable bonds is 1. The lowest BCUT2D eigenvalue weighted by Gasteiger charge is -2.06. The van der Waals surface area contributed by atoms with Crippen LogP contribution in [0.3, 0.4) is 0 Å². The average molecular weight is 317 g/mol. The molecule has 0 aliphatic rings. The van der Waals surface area contributed by atoms with Crippen molar-refractivity contribution < 1.29 is 13.4 Å². The van der Waals surface area contributed by atoms with Crippen LogP contribution in [-0.2, 0) is 7.05 Å². The van der Waals surface area contributed by atoms with E-state index in [1.54, 1.807) is 0 Å². The molecule has 0 spiro atoms. The summed E-state index contributed by atoms with van der Waals surface area (Å²) in [5.41, 5.74) is 4.41. The topological polar surface area (TPSA) is 40.8 Å². The Balaban J connectivity index is 2.26. The summed E-state index contributed by atoms with van der Waals surface area (Å²) in [6, 6.07) is 14.5. The van der Waals surface area contributed by atoms with Crippen molar-refractivity contribution in [2.45, 2.75) is 6.92 Å². The third kappa shape index (κ3) is 1.99. The smallest absolute Gasteiger partial charge is 0.213 e. The van der Waals surface area contributed by atoms with Crippen LogP contribution in [0.4, 0.5) is 4.39 Å². The molecule has 0 N–H and O–H groups in total. The van der Waals surface area contributed by atoms with Gasteiger partial charge in [0.05, 0.1) is 11.1 Å². The number of hydrogen-bond donors (Lipinski definition) is 0.